The minimum Gasteiger partial charge on any atom is -0.459 e. The Morgan fingerprint density at radius 1 is 1.13 bits per heavy atom. The van der Waals surface area contributed by atoms with Gasteiger partial charge in [-0.25, -0.2) is 8.78 Å². The number of rotatable bonds is 4. The Kier molecular flexibility index (Phi) is 5.35. The number of alkyl halides is 2. The number of carbonyl (C=O) groups is 4. The topological polar surface area (TPSA) is 105 Å². The van der Waals surface area contributed by atoms with Crippen molar-refractivity contribution in [3.63, 3.8) is 0 Å². The predicted molar refractivity (Wildman–Crippen MR) is 128 cm³/mol. The molecule has 0 spiro atoms. The second-order valence-electron chi connectivity index (χ2n) is 12.0. The predicted octanol–water partition coefficient (Wildman–Crippen LogP) is 3.51. The zero-order chi connectivity index (χ0) is 29.8. The summed E-state index contributed by atoms with van der Waals surface area (Å²) in [5.41, 5.74) is -7.96. The number of esters is 2. The summed E-state index contributed by atoms with van der Waals surface area (Å²) >= 11 is 0. The zero-order valence-corrected chi connectivity index (χ0v) is 22.3. The van der Waals surface area contributed by atoms with Crippen LogP contribution in [0, 0.1) is 22.7 Å². The van der Waals surface area contributed by atoms with E-state index in [-0.39, 0.29) is 18.4 Å². The van der Waals surface area contributed by atoms with Gasteiger partial charge < -0.3 is 18.9 Å². The Hall–Kier alpha value is -2.46. The van der Waals surface area contributed by atoms with Crippen molar-refractivity contribution in [3.8, 4) is 0 Å². The fourth-order valence-corrected chi connectivity index (χ4v) is 8.18. The number of ether oxygens (including phenoxy) is 4. The van der Waals surface area contributed by atoms with Crippen molar-refractivity contribution in [2.24, 2.45) is 22.7 Å². The summed E-state index contributed by atoms with van der Waals surface area (Å²) in [4.78, 5) is 50.2. The van der Waals surface area contributed by atoms with E-state index in [1.807, 2.05) is 0 Å². The van der Waals surface area contributed by atoms with Crippen LogP contribution in [0.2, 0.25) is 0 Å². The summed E-state index contributed by atoms with van der Waals surface area (Å²) in [6, 6.07) is -1.44. The highest BCUT2D eigenvalue weighted by Gasteiger charge is 2.81. The molecule has 1 saturated heterocycles. The molecule has 0 aromatic carbocycles. The molecule has 10 heteroatoms. The van der Waals surface area contributed by atoms with E-state index in [0.29, 0.717) is 0 Å². The molecule has 208 valence electrons. The highest BCUT2D eigenvalue weighted by atomic mass is 19.1. The maximum atomic E-state index is 18.1. The molecule has 1 aliphatic heterocycles. The van der Waals surface area contributed by atoms with Crippen LogP contribution in [0.1, 0.15) is 63.5 Å². The Balaban J connectivity index is 1.71. The van der Waals surface area contributed by atoms with Gasteiger partial charge in [0.05, 0.1) is 8.85 Å². The van der Waals surface area contributed by atoms with Crippen LogP contribution in [0.5, 0.6) is 0 Å². The van der Waals surface area contributed by atoms with Gasteiger partial charge in [0.15, 0.2) is 29.4 Å². The van der Waals surface area contributed by atoms with Gasteiger partial charge >= 0.3 is 11.9 Å². The molecule has 9 atom stereocenters. The van der Waals surface area contributed by atoms with E-state index >= 15 is 8.78 Å². The van der Waals surface area contributed by atoms with Gasteiger partial charge in [-0.05, 0) is 63.7 Å². The molecule has 0 N–H and O–H groups in total. The van der Waals surface area contributed by atoms with Crippen molar-refractivity contribution < 1.29 is 49.6 Å². The average molecular weight is 541 g/mol. The van der Waals surface area contributed by atoms with Crippen molar-refractivity contribution in [2.75, 3.05) is 6.61 Å². The summed E-state index contributed by atoms with van der Waals surface area (Å²) in [6.07, 6.45) is -4.03. The zero-order valence-electron chi connectivity index (χ0n) is 24.3. The molecular formula is C28H34F2O8. The van der Waals surface area contributed by atoms with E-state index in [4.69, 9.17) is 21.7 Å². The molecule has 5 aliphatic rings. The van der Waals surface area contributed by atoms with E-state index in [2.05, 4.69) is 0 Å². The molecular weight excluding hydrogens is 502 g/mol. The Labute approximate surface area is 222 Å². The van der Waals surface area contributed by atoms with Crippen LogP contribution in [-0.4, -0.2) is 65.5 Å². The van der Waals surface area contributed by atoms with Crippen LogP contribution < -0.4 is 0 Å². The molecule has 5 rings (SSSR count). The number of ketones is 2. The average Bonchev–Trinajstić information content (AvgIpc) is 3.25. The first-order chi connectivity index (χ1) is 18.4. The van der Waals surface area contributed by atoms with Gasteiger partial charge in [0.25, 0.3) is 0 Å². The molecule has 4 aliphatic carbocycles. The fourth-order valence-electron chi connectivity index (χ4n) is 8.18. The number of carbonyl (C=O) groups excluding carboxylic acids is 4. The minimum absolute atomic E-state index is 0.0838. The maximum absolute atomic E-state index is 18.1. The lowest BCUT2D eigenvalue weighted by molar-refractivity contribution is -0.253. The Morgan fingerprint density at radius 2 is 1.82 bits per heavy atom. The second kappa shape index (κ2) is 8.27. The molecule has 8 nitrogen and oxygen atoms in total. The van der Waals surface area contributed by atoms with Gasteiger partial charge in [-0.15, -0.1) is 0 Å². The Morgan fingerprint density at radius 3 is 2.45 bits per heavy atom. The van der Waals surface area contributed by atoms with Crippen LogP contribution in [-0.2, 0) is 38.1 Å². The summed E-state index contributed by atoms with van der Waals surface area (Å²) in [5.74, 6) is -6.21. The van der Waals surface area contributed by atoms with Gasteiger partial charge in [0.1, 0.15) is 12.3 Å². The van der Waals surface area contributed by atoms with Crippen LogP contribution in [0.25, 0.3) is 0 Å². The standard InChI is InChI=1S/C28H34F2O8/c1-14(31)35-13-21(34)28-22(37-24(3,4)38-28)11-17-18-10-20(29)19-9-16(33)7-8-25(19,5)27(18,30)23(36-15(2)32)12-26(17,28)6/h7-9,17-18,20,22-23H,10-13H2,1-6H3/t17-,18-,20-,22+,23-,25-,26-,27-,28+/m0/s1/i7T,8T. The van der Waals surface area contributed by atoms with Crippen molar-refractivity contribution in [3.05, 3.63) is 23.8 Å². The first kappa shape index (κ1) is 24.6. The molecule has 0 unspecified atom stereocenters. The van der Waals surface area contributed by atoms with Gasteiger partial charge in [-0.3, -0.25) is 19.2 Å². The van der Waals surface area contributed by atoms with Crippen molar-refractivity contribution in [1.29, 1.82) is 0 Å². The normalized spacial score (nSPS) is 47.5. The fraction of sp³-hybridized carbons (Fsp3) is 0.714. The lowest BCUT2D eigenvalue weighted by atomic mass is 9.44. The second-order valence-corrected chi connectivity index (χ2v) is 12.0. The van der Waals surface area contributed by atoms with Gasteiger partial charge in [-0.2, -0.15) is 0 Å². The van der Waals surface area contributed by atoms with E-state index in [9.17, 15) is 19.2 Å². The molecule has 0 aromatic rings. The third-order valence-corrected chi connectivity index (χ3v) is 9.52. The largest absolute Gasteiger partial charge is 0.459 e. The summed E-state index contributed by atoms with van der Waals surface area (Å²) in [6.45, 7) is 7.86. The molecule has 3 saturated carbocycles. The maximum Gasteiger partial charge on any atom is 0.303 e. The highest BCUT2D eigenvalue weighted by molar-refractivity contribution is 6.01. The molecule has 0 radical (unpaired) electrons. The number of fused-ring (bicyclic) bond motifs is 7. The van der Waals surface area contributed by atoms with Gasteiger partial charge in [0.2, 0.25) is 5.78 Å². The summed E-state index contributed by atoms with van der Waals surface area (Å²) < 4.78 is 74.1. The molecule has 0 aromatic heterocycles. The van der Waals surface area contributed by atoms with Crippen molar-refractivity contribution in [1.82, 2.24) is 0 Å². The summed E-state index contributed by atoms with van der Waals surface area (Å²) in [5, 5.41) is 0. The molecule has 0 amide bonds. The first-order valence-corrected chi connectivity index (χ1v) is 12.9. The molecule has 38 heavy (non-hydrogen) atoms. The first-order valence-electron chi connectivity index (χ1n) is 13.9. The smallest absolute Gasteiger partial charge is 0.303 e. The van der Waals surface area contributed by atoms with Crippen LogP contribution >= 0.6 is 0 Å². The third kappa shape index (κ3) is 3.38. The number of Topliss-reactive ketones (excluding diaryl/α,β-unsaturated/α-hetero) is 1. The lowest BCUT2D eigenvalue weighted by Gasteiger charge is -2.63. The third-order valence-electron chi connectivity index (χ3n) is 9.52. The molecule has 1 heterocycles. The van der Waals surface area contributed by atoms with E-state index in [1.54, 1.807) is 20.8 Å². The number of allylic oxidation sites excluding steroid dienone is 4. The monoisotopic (exact) mass is 540 g/mol. The number of halogens is 2. The summed E-state index contributed by atoms with van der Waals surface area (Å²) in [7, 11) is 0. The van der Waals surface area contributed by atoms with E-state index in [0.717, 1.165) is 19.9 Å². The number of hydrogen-bond acceptors (Lipinski definition) is 8. The molecule has 4 fully saturated rings. The quantitative estimate of drug-likeness (QED) is 0.499. The van der Waals surface area contributed by atoms with E-state index < -0.39 is 107 Å². The minimum atomic E-state index is -2.60. The van der Waals surface area contributed by atoms with Crippen LogP contribution in [0.3, 0.4) is 0 Å². The van der Waals surface area contributed by atoms with Gasteiger partial charge in [-0.1, -0.05) is 13.0 Å². The molecule has 0 bridgehead atoms. The van der Waals surface area contributed by atoms with Gasteiger partial charge in [0, 0.05) is 30.6 Å². The SMILES string of the molecule is [3H]C1=C([3H])[C@@]2(C)C(=CC1=O)[C@@H](F)C[C@H]1[C@@H]3C[C@H]4OC(C)(C)O[C@@]4(C(=O)COC(C)=O)[C@@]3(C)C[C@H](OC(C)=O)[C@@]12F. The van der Waals surface area contributed by atoms with E-state index in [1.165, 1.54) is 6.92 Å². The van der Waals surface area contributed by atoms with Crippen LogP contribution in [0.4, 0.5) is 8.78 Å². The van der Waals surface area contributed by atoms with Crippen molar-refractivity contribution in [2.45, 2.75) is 96.2 Å². The highest BCUT2D eigenvalue weighted by Crippen LogP contribution is 2.73. The van der Waals surface area contributed by atoms with Crippen LogP contribution in [0.15, 0.2) is 23.8 Å². The van der Waals surface area contributed by atoms with Crippen molar-refractivity contribution >= 4 is 23.5 Å². The Bertz CT molecular complexity index is 1280. The number of hydrogen-bond donors (Lipinski definition) is 0. The lowest BCUT2D eigenvalue weighted by Crippen LogP contribution is -2.71.